The molecule has 22 heavy (non-hydrogen) atoms. The third kappa shape index (κ3) is 3.07. The monoisotopic (exact) mass is 321 g/mol. The van der Waals surface area contributed by atoms with Gasteiger partial charge in [-0.05, 0) is 30.6 Å². The molecular formula is C16H23N3O2S. The fourth-order valence-electron chi connectivity index (χ4n) is 3.89. The summed E-state index contributed by atoms with van der Waals surface area (Å²) in [6, 6.07) is 0.137. The number of thioether (sulfide) groups is 1. The zero-order valence-electron chi connectivity index (χ0n) is 13.4. The lowest BCUT2D eigenvalue weighted by atomic mass is 9.70. The highest BCUT2D eigenvalue weighted by Gasteiger charge is 2.33. The molecule has 1 amide bonds. The Morgan fingerprint density at radius 2 is 2.23 bits per heavy atom. The first-order valence-corrected chi connectivity index (χ1v) is 8.88. The maximum atomic E-state index is 12.5. The average molecular weight is 321 g/mol. The molecule has 0 radical (unpaired) electrons. The van der Waals surface area contributed by atoms with E-state index in [4.69, 9.17) is 0 Å². The maximum Gasteiger partial charge on any atom is 0.267 e. The third-order valence-corrected chi connectivity index (χ3v) is 5.49. The molecule has 1 aromatic heterocycles. The van der Waals surface area contributed by atoms with Crippen molar-refractivity contribution in [1.29, 1.82) is 0 Å². The van der Waals surface area contributed by atoms with Crippen molar-refractivity contribution >= 4 is 17.7 Å². The fourth-order valence-corrected chi connectivity index (χ4v) is 4.81. The van der Waals surface area contributed by atoms with E-state index in [1.807, 2.05) is 0 Å². The number of nitrogens with zero attached hydrogens (tertiary/aromatic N) is 2. The number of fused-ring (bicyclic) bond motifs is 1. The summed E-state index contributed by atoms with van der Waals surface area (Å²) in [5, 5.41) is 3.77. The summed E-state index contributed by atoms with van der Waals surface area (Å²) in [5.74, 6) is 1.16. The molecule has 2 aliphatic rings. The summed E-state index contributed by atoms with van der Waals surface area (Å²) in [6.45, 7) is 7.35. The van der Waals surface area contributed by atoms with Gasteiger partial charge in [-0.15, -0.1) is 0 Å². The lowest BCUT2D eigenvalue weighted by molar-refractivity contribution is 0.0871. The van der Waals surface area contributed by atoms with Crippen molar-refractivity contribution in [2.24, 2.45) is 11.3 Å². The molecule has 1 N–H and O–H groups in total. The molecule has 0 bridgehead atoms. The molecule has 6 heteroatoms. The van der Waals surface area contributed by atoms with E-state index in [1.54, 1.807) is 16.3 Å². The SMILES string of the molecule is C[C@H]1C[C@@H](NC(=O)c2cnc3n(c2=O)CCS3)CC(C)(C)C1. The van der Waals surface area contributed by atoms with Crippen LogP contribution in [0.3, 0.4) is 0 Å². The molecule has 1 aliphatic carbocycles. The number of rotatable bonds is 2. The highest BCUT2D eigenvalue weighted by atomic mass is 32.2. The number of carbonyl (C=O) groups is 1. The summed E-state index contributed by atoms with van der Waals surface area (Å²) in [6.07, 6.45) is 4.54. The Labute approximate surface area is 134 Å². The largest absolute Gasteiger partial charge is 0.349 e. The van der Waals surface area contributed by atoms with Gasteiger partial charge in [0.15, 0.2) is 5.16 Å². The minimum absolute atomic E-state index is 0.137. The van der Waals surface area contributed by atoms with Crippen molar-refractivity contribution in [3.63, 3.8) is 0 Å². The van der Waals surface area contributed by atoms with Crippen LogP contribution in [-0.4, -0.2) is 27.3 Å². The van der Waals surface area contributed by atoms with Gasteiger partial charge in [-0.3, -0.25) is 14.2 Å². The van der Waals surface area contributed by atoms with E-state index in [0.717, 1.165) is 18.6 Å². The van der Waals surface area contributed by atoms with Gasteiger partial charge in [0.25, 0.3) is 11.5 Å². The van der Waals surface area contributed by atoms with Crippen LogP contribution in [0.15, 0.2) is 16.1 Å². The van der Waals surface area contributed by atoms with Gasteiger partial charge in [-0.2, -0.15) is 0 Å². The van der Waals surface area contributed by atoms with Crippen LogP contribution in [0, 0.1) is 11.3 Å². The molecule has 2 heterocycles. The topological polar surface area (TPSA) is 64.0 Å². The minimum Gasteiger partial charge on any atom is -0.349 e. The number of amides is 1. The highest BCUT2D eigenvalue weighted by Crippen LogP contribution is 2.38. The molecule has 120 valence electrons. The van der Waals surface area contributed by atoms with E-state index in [-0.39, 0.29) is 28.5 Å². The van der Waals surface area contributed by atoms with Gasteiger partial charge in [-0.1, -0.05) is 32.5 Å². The Bertz CT molecular complexity index is 653. The lowest BCUT2D eigenvalue weighted by Crippen LogP contribution is -2.44. The third-order valence-electron chi connectivity index (χ3n) is 4.52. The Morgan fingerprint density at radius 1 is 1.45 bits per heavy atom. The molecule has 0 unspecified atom stereocenters. The molecule has 1 aromatic rings. The van der Waals surface area contributed by atoms with Crippen LogP contribution in [0.1, 0.15) is 50.4 Å². The zero-order chi connectivity index (χ0) is 15.9. The Kier molecular flexibility index (Phi) is 4.05. The van der Waals surface area contributed by atoms with Crippen LogP contribution in [0.4, 0.5) is 0 Å². The quantitative estimate of drug-likeness (QED) is 0.849. The fraction of sp³-hybridized carbons (Fsp3) is 0.688. The molecule has 2 atom stereocenters. The highest BCUT2D eigenvalue weighted by molar-refractivity contribution is 7.99. The zero-order valence-corrected chi connectivity index (χ0v) is 14.2. The first-order valence-electron chi connectivity index (χ1n) is 7.89. The molecule has 0 saturated heterocycles. The first kappa shape index (κ1) is 15.6. The van der Waals surface area contributed by atoms with Crippen molar-refractivity contribution in [3.05, 3.63) is 22.1 Å². The van der Waals surface area contributed by atoms with Crippen molar-refractivity contribution in [2.45, 2.75) is 57.8 Å². The van der Waals surface area contributed by atoms with Gasteiger partial charge in [-0.25, -0.2) is 4.98 Å². The van der Waals surface area contributed by atoms with Crippen molar-refractivity contribution in [1.82, 2.24) is 14.9 Å². The predicted molar refractivity (Wildman–Crippen MR) is 87.3 cm³/mol. The van der Waals surface area contributed by atoms with E-state index in [1.165, 1.54) is 12.6 Å². The van der Waals surface area contributed by atoms with Crippen LogP contribution in [0.2, 0.25) is 0 Å². The van der Waals surface area contributed by atoms with Gasteiger partial charge in [0, 0.05) is 24.5 Å². The number of carbonyl (C=O) groups excluding carboxylic acids is 1. The standard InChI is InChI=1S/C16H23N3O2S/c1-10-6-11(8-16(2,3)7-10)18-13(20)12-9-17-15-19(14(12)21)4-5-22-15/h9-11H,4-8H2,1-3H3,(H,18,20)/t10-,11+/m0/s1. The number of aromatic nitrogens is 2. The summed E-state index contributed by atoms with van der Waals surface area (Å²) in [5.41, 5.74) is 0.190. The van der Waals surface area contributed by atoms with Gasteiger partial charge in [0.1, 0.15) is 5.56 Å². The number of nitrogens with one attached hydrogen (secondary N) is 1. The first-order chi connectivity index (χ1) is 10.4. The molecule has 5 nitrogen and oxygen atoms in total. The minimum atomic E-state index is -0.278. The van der Waals surface area contributed by atoms with Crippen LogP contribution in [-0.2, 0) is 6.54 Å². The molecule has 0 aromatic carbocycles. The van der Waals surface area contributed by atoms with E-state index in [0.29, 0.717) is 17.6 Å². The summed E-state index contributed by atoms with van der Waals surface area (Å²) in [4.78, 5) is 29.1. The predicted octanol–water partition coefficient (Wildman–Crippen LogP) is 2.29. The second kappa shape index (κ2) is 5.72. The number of hydrogen-bond donors (Lipinski definition) is 1. The Hall–Kier alpha value is -1.30. The summed E-state index contributed by atoms with van der Waals surface area (Å²) < 4.78 is 1.60. The van der Waals surface area contributed by atoms with Gasteiger partial charge >= 0.3 is 0 Å². The van der Waals surface area contributed by atoms with Crippen LogP contribution in [0.5, 0.6) is 0 Å². The summed E-state index contributed by atoms with van der Waals surface area (Å²) in [7, 11) is 0. The van der Waals surface area contributed by atoms with Crippen LogP contribution >= 0.6 is 11.8 Å². The molecule has 3 rings (SSSR count). The smallest absolute Gasteiger partial charge is 0.267 e. The second-order valence-corrected chi connectivity index (χ2v) is 8.41. The molecule has 1 fully saturated rings. The van der Waals surface area contributed by atoms with Gasteiger partial charge < -0.3 is 5.32 Å². The number of hydrogen-bond acceptors (Lipinski definition) is 4. The van der Waals surface area contributed by atoms with E-state index >= 15 is 0 Å². The van der Waals surface area contributed by atoms with Crippen LogP contribution in [0.25, 0.3) is 0 Å². The van der Waals surface area contributed by atoms with Crippen molar-refractivity contribution in [3.8, 4) is 0 Å². The second-order valence-electron chi connectivity index (χ2n) is 7.34. The molecular weight excluding hydrogens is 298 g/mol. The molecule has 1 saturated carbocycles. The normalized spacial score (nSPS) is 26.5. The average Bonchev–Trinajstić information content (AvgIpc) is 2.85. The van der Waals surface area contributed by atoms with E-state index in [9.17, 15) is 9.59 Å². The van der Waals surface area contributed by atoms with Gasteiger partial charge in [0.2, 0.25) is 0 Å². The maximum absolute atomic E-state index is 12.5. The molecule has 0 spiro atoms. The Morgan fingerprint density at radius 3 is 2.95 bits per heavy atom. The van der Waals surface area contributed by atoms with Crippen LogP contribution < -0.4 is 10.9 Å². The Balaban J connectivity index is 1.77. The lowest BCUT2D eigenvalue weighted by Gasteiger charge is -2.39. The van der Waals surface area contributed by atoms with Crippen molar-refractivity contribution in [2.75, 3.05) is 5.75 Å². The summed E-state index contributed by atoms with van der Waals surface area (Å²) >= 11 is 1.56. The van der Waals surface area contributed by atoms with Crippen molar-refractivity contribution < 1.29 is 4.79 Å². The van der Waals surface area contributed by atoms with E-state index < -0.39 is 0 Å². The van der Waals surface area contributed by atoms with Gasteiger partial charge in [0.05, 0.1) is 0 Å². The van der Waals surface area contributed by atoms with E-state index in [2.05, 4.69) is 31.1 Å². The molecule has 1 aliphatic heterocycles.